The van der Waals surface area contributed by atoms with Gasteiger partial charge in [-0.1, -0.05) is 0 Å². The Hall–Kier alpha value is -1.44. The quantitative estimate of drug-likeness (QED) is 0.796. The normalized spacial score (nSPS) is 18.6. The largest absolute Gasteiger partial charge is 0.395 e. The fraction of sp³-hybridized carbons (Fsp3) is 0.733. The molecule has 1 aliphatic heterocycles. The van der Waals surface area contributed by atoms with Crippen LogP contribution >= 0.6 is 0 Å². The Balaban J connectivity index is 1.89. The summed E-state index contributed by atoms with van der Waals surface area (Å²) < 4.78 is 1.81. The molecule has 1 aromatic heterocycles. The molecule has 0 radical (unpaired) electrons. The van der Waals surface area contributed by atoms with Crippen molar-refractivity contribution in [3.8, 4) is 0 Å². The lowest BCUT2D eigenvalue weighted by molar-refractivity contribution is -0.121. The van der Waals surface area contributed by atoms with E-state index in [9.17, 15) is 4.79 Å². The summed E-state index contributed by atoms with van der Waals surface area (Å²) in [4.78, 5) is 16.8. The molecule has 1 fully saturated rings. The first-order valence-corrected chi connectivity index (χ1v) is 7.94. The molecule has 2 heterocycles. The molecule has 124 valence electrons. The zero-order chi connectivity index (χ0) is 16.1. The standard InChI is InChI=1S/C15H27N5O2/c1-12(2)20-14(4-5-16-20)17-15(22)13(3)19-8-6-18(7-9-19)10-11-21/h4-5,12-13,21H,6-11H2,1-3H3,(H,17,22). The number of aliphatic hydroxyl groups excluding tert-OH is 1. The molecule has 0 aliphatic carbocycles. The van der Waals surface area contributed by atoms with Gasteiger partial charge in [0, 0.05) is 44.8 Å². The summed E-state index contributed by atoms with van der Waals surface area (Å²) >= 11 is 0. The molecule has 0 aromatic carbocycles. The SMILES string of the molecule is CC(C(=O)Nc1ccnn1C(C)C)N1CCN(CCO)CC1. The van der Waals surface area contributed by atoms with Crippen molar-refractivity contribution in [1.29, 1.82) is 0 Å². The Kier molecular flexibility index (Phi) is 5.93. The van der Waals surface area contributed by atoms with Crippen molar-refractivity contribution in [3.05, 3.63) is 12.3 Å². The molecule has 22 heavy (non-hydrogen) atoms. The number of aliphatic hydroxyl groups is 1. The number of nitrogens with one attached hydrogen (secondary N) is 1. The van der Waals surface area contributed by atoms with E-state index in [0.29, 0.717) is 6.54 Å². The summed E-state index contributed by atoms with van der Waals surface area (Å²) in [5.74, 6) is 0.740. The molecule has 0 bridgehead atoms. The van der Waals surface area contributed by atoms with Gasteiger partial charge in [0.05, 0.1) is 18.8 Å². The molecule has 1 amide bonds. The lowest BCUT2D eigenvalue weighted by Crippen LogP contribution is -2.53. The molecular weight excluding hydrogens is 282 g/mol. The molecule has 0 spiro atoms. The van der Waals surface area contributed by atoms with Gasteiger partial charge in [0.25, 0.3) is 0 Å². The minimum absolute atomic E-state index is 0.00184. The Bertz CT molecular complexity index is 480. The second kappa shape index (κ2) is 7.71. The van der Waals surface area contributed by atoms with E-state index in [1.54, 1.807) is 6.20 Å². The molecule has 1 aliphatic rings. The van der Waals surface area contributed by atoms with Crippen molar-refractivity contribution in [2.45, 2.75) is 32.9 Å². The van der Waals surface area contributed by atoms with Gasteiger partial charge in [0.15, 0.2) is 0 Å². The maximum absolute atomic E-state index is 12.4. The van der Waals surface area contributed by atoms with Crippen LogP contribution in [0, 0.1) is 0 Å². The topological polar surface area (TPSA) is 73.6 Å². The van der Waals surface area contributed by atoms with Gasteiger partial charge in [-0.2, -0.15) is 5.10 Å². The summed E-state index contributed by atoms with van der Waals surface area (Å²) in [6.07, 6.45) is 1.70. The average Bonchev–Trinajstić information content (AvgIpc) is 2.96. The number of carbonyl (C=O) groups is 1. The number of rotatable bonds is 6. The van der Waals surface area contributed by atoms with Crippen LogP contribution in [0.3, 0.4) is 0 Å². The van der Waals surface area contributed by atoms with Gasteiger partial charge >= 0.3 is 0 Å². The van der Waals surface area contributed by atoms with Gasteiger partial charge in [-0.15, -0.1) is 0 Å². The third-order valence-electron chi connectivity index (χ3n) is 4.16. The van der Waals surface area contributed by atoms with E-state index in [0.717, 1.165) is 32.0 Å². The maximum Gasteiger partial charge on any atom is 0.242 e. The van der Waals surface area contributed by atoms with Crippen molar-refractivity contribution in [2.75, 3.05) is 44.6 Å². The highest BCUT2D eigenvalue weighted by atomic mass is 16.3. The number of anilines is 1. The number of hydrogen-bond acceptors (Lipinski definition) is 5. The molecule has 1 unspecified atom stereocenters. The van der Waals surface area contributed by atoms with E-state index in [1.165, 1.54) is 0 Å². The van der Waals surface area contributed by atoms with Crippen molar-refractivity contribution in [3.63, 3.8) is 0 Å². The van der Waals surface area contributed by atoms with E-state index in [4.69, 9.17) is 5.11 Å². The molecule has 1 atom stereocenters. The number of hydrogen-bond donors (Lipinski definition) is 2. The van der Waals surface area contributed by atoms with Gasteiger partial charge in [-0.25, -0.2) is 4.68 Å². The second-order valence-corrected chi connectivity index (χ2v) is 6.02. The summed E-state index contributed by atoms with van der Waals surface area (Å²) in [7, 11) is 0. The lowest BCUT2D eigenvalue weighted by Gasteiger charge is -2.37. The summed E-state index contributed by atoms with van der Waals surface area (Å²) in [6.45, 7) is 10.4. The fourth-order valence-corrected chi connectivity index (χ4v) is 2.74. The number of piperazine rings is 1. The van der Waals surface area contributed by atoms with E-state index in [-0.39, 0.29) is 24.6 Å². The third kappa shape index (κ3) is 4.06. The smallest absolute Gasteiger partial charge is 0.242 e. The van der Waals surface area contributed by atoms with E-state index < -0.39 is 0 Å². The van der Waals surface area contributed by atoms with E-state index >= 15 is 0 Å². The molecule has 7 heteroatoms. The predicted molar refractivity (Wildman–Crippen MR) is 85.8 cm³/mol. The molecule has 1 saturated heterocycles. The Morgan fingerprint density at radius 2 is 2.00 bits per heavy atom. The minimum atomic E-state index is -0.174. The first-order chi connectivity index (χ1) is 10.5. The van der Waals surface area contributed by atoms with Gasteiger partial charge in [0.2, 0.25) is 5.91 Å². The van der Waals surface area contributed by atoms with Gasteiger partial charge in [-0.3, -0.25) is 14.6 Å². The number of carbonyl (C=O) groups excluding carboxylic acids is 1. The highest BCUT2D eigenvalue weighted by molar-refractivity contribution is 5.93. The first-order valence-electron chi connectivity index (χ1n) is 7.94. The lowest BCUT2D eigenvalue weighted by atomic mass is 10.2. The Morgan fingerprint density at radius 3 is 2.59 bits per heavy atom. The van der Waals surface area contributed by atoms with Gasteiger partial charge in [-0.05, 0) is 20.8 Å². The third-order valence-corrected chi connectivity index (χ3v) is 4.16. The summed E-state index contributed by atoms with van der Waals surface area (Å²) in [6, 6.07) is 1.86. The van der Waals surface area contributed by atoms with Crippen LogP contribution in [0.5, 0.6) is 0 Å². The zero-order valence-corrected chi connectivity index (χ0v) is 13.7. The van der Waals surface area contributed by atoms with Crippen molar-refractivity contribution in [1.82, 2.24) is 19.6 Å². The minimum Gasteiger partial charge on any atom is -0.395 e. The van der Waals surface area contributed by atoms with Crippen LogP contribution in [0.2, 0.25) is 0 Å². The number of nitrogens with zero attached hydrogens (tertiary/aromatic N) is 4. The van der Waals surface area contributed by atoms with Crippen LogP contribution in [-0.2, 0) is 4.79 Å². The second-order valence-electron chi connectivity index (χ2n) is 6.02. The number of aromatic nitrogens is 2. The van der Waals surface area contributed by atoms with Crippen LogP contribution in [-0.4, -0.2) is 76.0 Å². The van der Waals surface area contributed by atoms with Crippen molar-refractivity contribution < 1.29 is 9.90 Å². The maximum atomic E-state index is 12.4. The van der Waals surface area contributed by atoms with Crippen LogP contribution in [0.25, 0.3) is 0 Å². The monoisotopic (exact) mass is 309 g/mol. The predicted octanol–water partition coefficient (Wildman–Crippen LogP) is 0.401. The van der Waals surface area contributed by atoms with Crippen LogP contribution in [0.15, 0.2) is 12.3 Å². The van der Waals surface area contributed by atoms with Crippen LogP contribution < -0.4 is 5.32 Å². The van der Waals surface area contributed by atoms with Crippen LogP contribution in [0.1, 0.15) is 26.8 Å². The Morgan fingerprint density at radius 1 is 1.32 bits per heavy atom. The van der Waals surface area contributed by atoms with Crippen molar-refractivity contribution >= 4 is 11.7 Å². The summed E-state index contributed by atoms with van der Waals surface area (Å²) in [5, 5.41) is 16.2. The molecule has 2 N–H and O–H groups in total. The van der Waals surface area contributed by atoms with Gasteiger partial charge in [0.1, 0.15) is 5.82 Å². The molecule has 2 rings (SSSR count). The summed E-state index contributed by atoms with van der Waals surface area (Å²) in [5.41, 5.74) is 0. The molecule has 1 aromatic rings. The number of amides is 1. The van der Waals surface area contributed by atoms with Crippen molar-refractivity contribution in [2.24, 2.45) is 0 Å². The van der Waals surface area contributed by atoms with Gasteiger partial charge < -0.3 is 10.4 Å². The average molecular weight is 309 g/mol. The highest BCUT2D eigenvalue weighted by Gasteiger charge is 2.26. The molecular formula is C15H27N5O2. The molecule has 0 saturated carbocycles. The van der Waals surface area contributed by atoms with E-state index in [1.807, 2.05) is 31.5 Å². The first kappa shape index (κ1) is 16.9. The highest BCUT2D eigenvalue weighted by Crippen LogP contribution is 2.14. The number of β-amino-alcohol motifs (C(OH)–C–C–N with tert-alkyl or cyclic N) is 1. The van der Waals surface area contributed by atoms with Crippen LogP contribution in [0.4, 0.5) is 5.82 Å². The van der Waals surface area contributed by atoms with E-state index in [2.05, 4.69) is 20.2 Å². The molecule has 7 nitrogen and oxygen atoms in total. The zero-order valence-electron chi connectivity index (χ0n) is 13.7. The Labute approximate surface area is 131 Å². The fourth-order valence-electron chi connectivity index (χ4n) is 2.74.